The fourth-order valence-electron chi connectivity index (χ4n) is 0.241. The first-order valence-corrected chi connectivity index (χ1v) is 2.75. The molecule has 0 saturated heterocycles. The van der Waals surface area contributed by atoms with Crippen molar-refractivity contribution in [2.45, 2.75) is 13.8 Å². The summed E-state index contributed by atoms with van der Waals surface area (Å²) in [4.78, 5) is 11.4. The molecule has 0 N–H and O–H groups in total. The molecule has 0 aromatic rings. The van der Waals surface area contributed by atoms with Gasteiger partial charge in [-0.25, -0.2) is 9.98 Å². The summed E-state index contributed by atoms with van der Waals surface area (Å²) in [5.74, 6) is 0.737. The fourth-order valence-corrected chi connectivity index (χ4v) is 0.241. The van der Waals surface area contributed by atoms with Gasteiger partial charge in [0.05, 0.1) is 0 Å². The second kappa shape index (κ2) is 5.15. The summed E-state index contributed by atoms with van der Waals surface area (Å²) in [6.07, 6.45) is 3.15. The van der Waals surface area contributed by atoms with E-state index in [0.717, 1.165) is 5.84 Å². The maximum atomic E-state index is 3.86. The van der Waals surface area contributed by atoms with Gasteiger partial charge < -0.3 is 0 Å². The van der Waals surface area contributed by atoms with Crippen molar-refractivity contribution in [3.8, 4) is 0 Å². The zero-order valence-corrected chi connectivity index (χ0v) is 6.00. The van der Waals surface area contributed by atoms with Crippen molar-refractivity contribution in [1.29, 1.82) is 0 Å². The summed E-state index contributed by atoms with van der Waals surface area (Å²) < 4.78 is 0. The van der Waals surface area contributed by atoms with Crippen LogP contribution in [0.4, 0.5) is 0 Å². The third-order valence-corrected chi connectivity index (χ3v) is 0.784. The monoisotopic (exact) mass is 125 g/mol. The molecule has 0 saturated carbocycles. The Labute approximate surface area is 55.2 Å². The molecule has 0 aliphatic rings. The Kier molecular flexibility index (Phi) is 4.59. The third-order valence-electron chi connectivity index (χ3n) is 0.784. The smallest absolute Gasteiger partial charge is 0.121 e. The minimum absolute atomic E-state index is 0.737. The molecule has 0 aromatic carbocycles. The lowest BCUT2D eigenvalue weighted by Gasteiger charge is -1.81. The van der Waals surface area contributed by atoms with Crippen molar-refractivity contribution in [3.05, 3.63) is 0 Å². The molecule has 0 atom stereocenters. The fraction of sp³-hybridized carbons (Fsp3) is 0.500. The topological polar surface area (TPSA) is 37.1 Å². The third kappa shape index (κ3) is 4.87. The SMILES string of the molecule is CC=NC=NC(C)=NC. The van der Waals surface area contributed by atoms with Crippen LogP contribution in [0.2, 0.25) is 0 Å². The second-order valence-electron chi connectivity index (χ2n) is 1.42. The Balaban J connectivity index is 3.71. The lowest BCUT2D eigenvalue weighted by molar-refractivity contribution is 1.38. The van der Waals surface area contributed by atoms with E-state index in [4.69, 9.17) is 0 Å². The zero-order chi connectivity index (χ0) is 7.11. The summed E-state index contributed by atoms with van der Waals surface area (Å²) in [5.41, 5.74) is 0. The van der Waals surface area contributed by atoms with Crippen molar-refractivity contribution < 1.29 is 0 Å². The van der Waals surface area contributed by atoms with Gasteiger partial charge in [0.1, 0.15) is 12.2 Å². The maximum absolute atomic E-state index is 3.86. The normalized spacial score (nSPS) is 13.9. The molecule has 0 aromatic heterocycles. The van der Waals surface area contributed by atoms with Crippen LogP contribution >= 0.6 is 0 Å². The first-order chi connectivity index (χ1) is 4.31. The Morgan fingerprint density at radius 2 is 2.11 bits per heavy atom. The van der Waals surface area contributed by atoms with Crippen LogP contribution in [0, 0.1) is 0 Å². The molecule has 0 amide bonds. The van der Waals surface area contributed by atoms with Gasteiger partial charge in [-0.15, -0.1) is 0 Å². The maximum Gasteiger partial charge on any atom is 0.121 e. The molecular formula is C6H11N3. The standard InChI is InChI=1S/C6H11N3/c1-4-8-5-9-6(2)7-3/h4-5H,1-3H3. The van der Waals surface area contributed by atoms with E-state index in [9.17, 15) is 0 Å². The van der Waals surface area contributed by atoms with Crippen molar-refractivity contribution in [2.24, 2.45) is 15.0 Å². The first kappa shape index (κ1) is 8.01. The molecule has 0 fully saturated rings. The summed E-state index contributed by atoms with van der Waals surface area (Å²) >= 11 is 0. The van der Waals surface area contributed by atoms with Gasteiger partial charge in [-0.05, 0) is 13.8 Å². The van der Waals surface area contributed by atoms with E-state index in [0.29, 0.717) is 0 Å². The molecule has 3 heteroatoms. The van der Waals surface area contributed by atoms with Crippen LogP contribution in [0.1, 0.15) is 13.8 Å². The van der Waals surface area contributed by atoms with E-state index in [-0.39, 0.29) is 0 Å². The lowest BCUT2D eigenvalue weighted by atomic mass is 10.7. The molecule has 0 unspecified atom stereocenters. The van der Waals surface area contributed by atoms with Crippen molar-refractivity contribution >= 4 is 18.4 Å². The Bertz CT molecular complexity index is 144. The summed E-state index contributed by atoms with van der Waals surface area (Å²) in [7, 11) is 1.70. The van der Waals surface area contributed by atoms with Gasteiger partial charge in [-0.1, -0.05) is 0 Å². The second-order valence-corrected chi connectivity index (χ2v) is 1.42. The zero-order valence-electron chi connectivity index (χ0n) is 6.00. The largest absolute Gasteiger partial charge is 0.274 e. The van der Waals surface area contributed by atoms with E-state index in [2.05, 4.69) is 15.0 Å². The number of hydrogen-bond donors (Lipinski definition) is 0. The van der Waals surface area contributed by atoms with Gasteiger partial charge in [-0.2, -0.15) is 0 Å². The Hall–Kier alpha value is -0.990. The quantitative estimate of drug-likeness (QED) is 0.372. The van der Waals surface area contributed by atoms with Crippen LogP contribution in [0.3, 0.4) is 0 Å². The molecule has 0 aliphatic carbocycles. The lowest BCUT2D eigenvalue weighted by Crippen LogP contribution is -1.83. The van der Waals surface area contributed by atoms with E-state index in [1.807, 2.05) is 13.8 Å². The van der Waals surface area contributed by atoms with Crippen LogP contribution in [-0.2, 0) is 0 Å². The molecule has 9 heavy (non-hydrogen) atoms. The van der Waals surface area contributed by atoms with Crippen LogP contribution in [-0.4, -0.2) is 25.4 Å². The van der Waals surface area contributed by atoms with E-state index in [1.54, 1.807) is 13.3 Å². The minimum Gasteiger partial charge on any atom is -0.274 e. The van der Waals surface area contributed by atoms with Gasteiger partial charge in [0.2, 0.25) is 0 Å². The number of rotatable bonds is 1. The van der Waals surface area contributed by atoms with Gasteiger partial charge in [-0.3, -0.25) is 4.99 Å². The number of amidine groups is 1. The Morgan fingerprint density at radius 3 is 2.56 bits per heavy atom. The molecule has 0 rings (SSSR count). The van der Waals surface area contributed by atoms with E-state index < -0.39 is 0 Å². The van der Waals surface area contributed by atoms with Crippen LogP contribution in [0.5, 0.6) is 0 Å². The highest BCUT2D eigenvalue weighted by Gasteiger charge is 1.74. The molecule has 3 nitrogen and oxygen atoms in total. The van der Waals surface area contributed by atoms with Crippen molar-refractivity contribution in [2.75, 3.05) is 7.05 Å². The average molecular weight is 125 g/mol. The predicted octanol–water partition coefficient (Wildman–Crippen LogP) is 1.15. The number of aliphatic imine (C=N–C) groups is 3. The molecule has 0 radical (unpaired) electrons. The van der Waals surface area contributed by atoms with Gasteiger partial charge in [0.15, 0.2) is 0 Å². The van der Waals surface area contributed by atoms with E-state index >= 15 is 0 Å². The molecule has 0 heterocycles. The van der Waals surface area contributed by atoms with Gasteiger partial charge in [0, 0.05) is 13.3 Å². The highest BCUT2D eigenvalue weighted by atomic mass is 14.9. The molecular weight excluding hydrogens is 114 g/mol. The summed E-state index contributed by atoms with van der Waals surface area (Å²) in [6.45, 7) is 3.66. The van der Waals surface area contributed by atoms with Crippen molar-refractivity contribution in [1.82, 2.24) is 0 Å². The van der Waals surface area contributed by atoms with E-state index in [1.165, 1.54) is 6.34 Å². The minimum atomic E-state index is 0.737. The van der Waals surface area contributed by atoms with Crippen LogP contribution in [0.25, 0.3) is 0 Å². The molecule has 0 aliphatic heterocycles. The number of hydrogen-bond acceptors (Lipinski definition) is 1. The van der Waals surface area contributed by atoms with Crippen LogP contribution < -0.4 is 0 Å². The Morgan fingerprint density at radius 1 is 1.44 bits per heavy atom. The van der Waals surface area contributed by atoms with Crippen molar-refractivity contribution in [3.63, 3.8) is 0 Å². The molecule has 50 valence electrons. The average Bonchev–Trinajstić information content (AvgIpc) is 1.89. The highest BCUT2D eigenvalue weighted by molar-refractivity contribution is 5.88. The predicted molar refractivity (Wildman–Crippen MR) is 41.7 cm³/mol. The number of nitrogens with zero attached hydrogens (tertiary/aromatic N) is 3. The van der Waals surface area contributed by atoms with Gasteiger partial charge in [0.25, 0.3) is 0 Å². The van der Waals surface area contributed by atoms with Gasteiger partial charge >= 0.3 is 0 Å². The van der Waals surface area contributed by atoms with Crippen LogP contribution in [0.15, 0.2) is 15.0 Å². The first-order valence-electron chi connectivity index (χ1n) is 2.75. The summed E-state index contributed by atoms with van der Waals surface area (Å²) in [6, 6.07) is 0. The molecule has 0 spiro atoms. The summed E-state index contributed by atoms with van der Waals surface area (Å²) in [5, 5.41) is 0. The molecule has 0 bridgehead atoms. The highest BCUT2D eigenvalue weighted by Crippen LogP contribution is 1.74.